The Hall–Kier alpha value is -4.21. The van der Waals surface area contributed by atoms with Crippen LogP contribution in [0, 0.1) is 5.92 Å². The number of likely N-dealkylation sites (N-methyl/N-ethyl adjacent to an activating group) is 1. The first-order chi connectivity index (χ1) is 16.0. The van der Waals surface area contributed by atoms with Crippen molar-refractivity contribution >= 4 is 29.0 Å². The summed E-state index contributed by atoms with van der Waals surface area (Å²) in [6.07, 6.45) is 2.11. The van der Waals surface area contributed by atoms with E-state index in [4.69, 9.17) is 4.99 Å². The fraction of sp³-hybridized carbons (Fsp3) is 0.261. The minimum atomic E-state index is -1.05. The summed E-state index contributed by atoms with van der Waals surface area (Å²) in [5.74, 6) is -0.463. The fourth-order valence-corrected chi connectivity index (χ4v) is 4.04. The number of nitrogens with one attached hydrogen (secondary N) is 3. The van der Waals surface area contributed by atoms with Crippen LogP contribution in [0.3, 0.4) is 0 Å². The van der Waals surface area contributed by atoms with E-state index in [1.165, 1.54) is 4.90 Å². The lowest BCUT2D eigenvalue weighted by molar-refractivity contribution is -0.119. The molecule has 5 rings (SSSR count). The molecule has 2 aromatic carbocycles. The van der Waals surface area contributed by atoms with Gasteiger partial charge < -0.3 is 15.5 Å². The molecule has 0 radical (unpaired) electrons. The number of fused-ring (bicyclic) bond motifs is 1. The Balaban J connectivity index is 1.38. The van der Waals surface area contributed by atoms with Crippen molar-refractivity contribution in [3.63, 3.8) is 0 Å². The molecule has 3 amide bonds. The van der Waals surface area contributed by atoms with Crippen LogP contribution >= 0.6 is 0 Å². The van der Waals surface area contributed by atoms with E-state index in [2.05, 4.69) is 25.3 Å². The number of urea groups is 1. The number of carbonyl (C=O) groups excluding carboxylic acids is 2. The maximum absolute atomic E-state index is 13.1. The van der Waals surface area contributed by atoms with Crippen LogP contribution in [0.2, 0.25) is 0 Å². The highest BCUT2D eigenvalue weighted by Gasteiger charge is 2.34. The summed E-state index contributed by atoms with van der Waals surface area (Å²) < 4.78 is 4.53. The maximum atomic E-state index is 13.1. The number of nitrogens with zero attached hydrogens (tertiary/aromatic N) is 3. The number of hydrogen-bond donors (Lipinski definition) is 3. The molecular weight excluding hydrogens is 424 g/mol. The molecule has 168 valence electrons. The molecule has 1 aliphatic carbocycles. The molecule has 3 N–H and O–H groups in total. The molecule has 0 unspecified atom stereocenters. The van der Waals surface area contributed by atoms with Gasteiger partial charge in [0.15, 0.2) is 5.82 Å². The van der Waals surface area contributed by atoms with Crippen LogP contribution in [0.15, 0.2) is 62.8 Å². The molecule has 33 heavy (non-hydrogen) atoms. The topological polar surface area (TPSA) is 133 Å². The van der Waals surface area contributed by atoms with Crippen LogP contribution in [0.25, 0.3) is 11.4 Å². The van der Waals surface area contributed by atoms with E-state index >= 15 is 0 Å². The second-order valence-corrected chi connectivity index (χ2v) is 8.08. The summed E-state index contributed by atoms with van der Waals surface area (Å²) >= 11 is 0. The number of aromatic nitrogens is 2. The van der Waals surface area contributed by atoms with Crippen molar-refractivity contribution in [3.8, 4) is 11.4 Å². The summed E-state index contributed by atoms with van der Waals surface area (Å²) in [4.78, 5) is 45.8. The largest absolute Gasteiger partial charge is 0.439 e. The molecular formula is C23H22N6O4. The van der Waals surface area contributed by atoms with Crippen LogP contribution in [0.1, 0.15) is 24.8 Å². The van der Waals surface area contributed by atoms with Crippen LogP contribution in [-0.4, -0.2) is 41.0 Å². The minimum Gasteiger partial charge on any atom is -0.311 e. The summed E-state index contributed by atoms with van der Waals surface area (Å²) in [6, 6.07) is 13.8. The van der Waals surface area contributed by atoms with Gasteiger partial charge in [0, 0.05) is 29.8 Å². The van der Waals surface area contributed by atoms with E-state index in [0.29, 0.717) is 11.3 Å². The van der Waals surface area contributed by atoms with Crippen molar-refractivity contribution < 1.29 is 14.1 Å². The molecule has 0 saturated heterocycles. The Morgan fingerprint density at radius 2 is 1.97 bits per heavy atom. The van der Waals surface area contributed by atoms with E-state index in [-0.39, 0.29) is 17.6 Å². The molecule has 10 heteroatoms. The predicted molar refractivity (Wildman–Crippen MR) is 122 cm³/mol. The van der Waals surface area contributed by atoms with Gasteiger partial charge in [0.1, 0.15) is 0 Å². The van der Waals surface area contributed by atoms with Crippen LogP contribution in [0.5, 0.6) is 0 Å². The van der Waals surface area contributed by atoms with Crippen molar-refractivity contribution in [3.05, 3.63) is 64.6 Å². The van der Waals surface area contributed by atoms with Crippen molar-refractivity contribution in [1.82, 2.24) is 15.5 Å². The first-order valence-corrected chi connectivity index (χ1v) is 10.7. The van der Waals surface area contributed by atoms with Crippen molar-refractivity contribution in [2.45, 2.75) is 25.4 Å². The zero-order valence-electron chi connectivity index (χ0n) is 17.9. The Bertz CT molecular complexity index is 1310. The van der Waals surface area contributed by atoms with Crippen molar-refractivity contribution in [2.24, 2.45) is 10.9 Å². The third kappa shape index (κ3) is 4.02. The highest BCUT2D eigenvalue weighted by Crippen LogP contribution is 2.35. The third-order valence-corrected chi connectivity index (χ3v) is 5.97. The molecule has 1 aliphatic heterocycles. The third-order valence-electron chi connectivity index (χ3n) is 5.97. The number of hydrogen-bond acceptors (Lipinski definition) is 6. The van der Waals surface area contributed by atoms with Gasteiger partial charge in [0.25, 0.3) is 5.91 Å². The normalized spacial score (nSPS) is 18.1. The van der Waals surface area contributed by atoms with Gasteiger partial charge in [-0.05, 0) is 31.0 Å². The number of benzene rings is 2. The number of carbonyl (C=O) groups is 2. The van der Waals surface area contributed by atoms with Crippen LogP contribution in [-0.2, 0) is 4.79 Å². The summed E-state index contributed by atoms with van der Waals surface area (Å²) in [7, 11) is 1.69. The monoisotopic (exact) mass is 446 g/mol. The number of para-hydroxylation sites is 1. The second-order valence-electron chi connectivity index (χ2n) is 8.08. The first-order valence-electron chi connectivity index (χ1n) is 10.7. The molecule has 2 aliphatic rings. The highest BCUT2D eigenvalue weighted by molar-refractivity contribution is 6.14. The molecule has 1 saturated carbocycles. The lowest BCUT2D eigenvalue weighted by atomic mass is 9.79. The summed E-state index contributed by atoms with van der Waals surface area (Å²) in [6.45, 7) is 0. The first kappa shape index (κ1) is 20.7. The van der Waals surface area contributed by atoms with E-state index < -0.39 is 18.0 Å². The Morgan fingerprint density at radius 1 is 1.15 bits per heavy atom. The smallest absolute Gasteiger partial charge is 0.311 e. The van der Waals surface area contributed by atoms with Gasteiger partial charge in [-0.3, -0.25) is 19.3 Å². The molecule has 0 spiro atoms. The second kappa shape index (κ2) is 8.38. The van der Waals surface area contributed by atoms with Gasteiger partial charge in [-0.25, -0.2) is 9.59 Å². The zero-order chi connectivity index (χ0) is 22.9. The molecule has 1 atom stereocenters. The Kier molecular flexibility index (Phi) is 5.25. The molecule has 2 heterocycles. The molecule has 1 aromatic heterocycles. The van der Waals surface area contributed by atoms with Crippen LogP contribution < -0.4 is 21.3 Å². The number of aromatic amines is 1. The van der Waals surface area contributed by atoms with Crippen molar-refractivity contribution in [2.75, 3.05) is 17.3 Å². The quantitative estimate of drug-likeness (QED) is 0.567. The lowest BCUT2D eigenvalue weighted by Crippen LogP contribution is -2.47. The number of aliphatic imine (C=N–C) groups is 1. The number of rotatable bonds is 4. The Labute approximate surface area is 188 Å². The van der Waals surface area contributed by atoms with E-state index in [1.807, 2.05) is 24.3 Å². The average Bonchev–Trinajstić information content (AvgIpc) is 3.19. The molecule has 3 aromatic rings. The van der Waals surface area contributed by atoms with Gasteiger partial charge in [-0.1, -0.05) is 41.9 Å². The standard InChI is InChI=1S/C23H22N6O4/c1-29-17-11-3-2-10-16(17)18(13-6-4-7-13)25-20(21(29)30)26-22(31)24-15-9-5-8-14(12-15)19-27-23(32)33-28-19/h2-3,5,8-13,20H,4,6-7H2,1H3,(H2,24,26,31)(H,27,28,32)/t20-/m0/s1. The summed E-state index contributed by atoms with van der Waals surface area (Å²) in [5, 5.41) is 9.06. The number of amides is 3. The highest BCUT2D eigenvalue weighted by atomic mass is 16.5. The predicted octanol–water partition coefficient (Wildman–Crippen LogP) is 2.74. The van der Waals surface area contributed by atoms with Gasteiger partial charge in [-0.2, -0.15) is 0 Å². The maximum Gasteiger partial charge on any atom is 0.439 e. The van der Waals surface area contributed by atoms with Crippen molar-refractivity contribution in [1.29, 1.82) is 0 Å². The fourth-order valence-electron chi connectivity index (χ4n) is 4.04. The SMILES string of the molecule is CN1C(=O)[C@H](NC(=O)Nc2cccc(-c3noc(=O)[nH]3)c2)N=C(C2CCC2)c2ccccc21. The number of H-pyrrole nitrogens is 1. The molecule has 10 nitrogen and oxygen atoms in total. The molecule has 0 bridgehead atoms. The zero-order valence-corrected chi connectivity index (χ0v) is 17.9. The van der Waals surface area contributed by atoms with Crippen LogP contribution in [0.4, 0.5) is 16.2 Å². The minimum absolute atomic E-state index is 0.247. The summed E-state index contributed by atoms with van der Waals surface area (Å²) in [5.41, 5.74) is 3.58. The van der Waals surface area contributed by atoms with E-state index in [9.17, 15) is 14.4 Å². The Morgan fingerprint density at radius 3 is 2.70 bits per heavy atom. The number of benzodiazepines with no additional fused rings is 1. The average molecular weight is 446 g/mol. The van der Waals surface area contributed by atoms with Gasteiger partial charge in [0.05, 0.1) is 11.4 Å². The number of anilines is 2. The van der Waals surface area contributed by atoms with Gasteiger partial charge in [0.2, 0.25) is 6.17 Å². The molecule has 1 fully saturated rings. The van der Waals surface area contributed by atoms with E-state index in [1.54, 1.807) is 31.3 Å². The van der Waals surface area contributed by atoms with Gasteiger partial charge >= 0.3 is 11.8 Å². The van der Waals surface area contributed by atoms with Gasteiger partial charge in [-0.15, -0.1) is 0 Å². The van der Waals surface area contributed by atoms with E-state index in [0.717, 1.165) is 36.2 Å². The lowest BCUT2D eigenvalue weighted by Gasteiger charge is -2.28.